The summed E-state index contributed by atoms with van der Waals surface area (Å²) in [5.41, 5.74) is 1.09. The first kappa shape index (κ1) is 15.1. The Balaban J connectivity index is 2.58. The molecule has 0 aliphatic heterocycles. The van der Waals surface area contributed by atoms with Crippen LogP contribution in [-0.2, 0) is 22.4 Å². The Hall–Kier alpha value is 0.0900. The first-order chi connectivity index (χ1) is 8.06. The van der Waals surface area contributed by atoms with E-state index in [-0.39, 0.29) is 12.1 Å². The van der Waals surface area contributed by atoms with Gasteiger partial charge in [-0.05, 0) is 34.0 Å². The number of aliphatic hydroxyl groups is 1. The molecule has 1 aromatic rings. The summed E-state index contributed by atoms with van der Waals surface area (Å²) in [4.78, 5) is 12.1. The molecule has 0 bridgehead atoms. The Kier molecular flexibility index (Phi) is 6.69. The van der Waals surface area contributed by atoms with E-state index >= 15 is 0 Å². The molecule has 17 heavy (non-hydrogen) atoms. The predicted octanol–water partition coefficient (Wildman–Crippen LogP) is 2.91. The minimum Gasteiger partial charge on any atom is -0.469 e. The zero-order valence-corrected chi connectivity index (χ0v) is 13.4. The largest absolute Gasteiger partial charge is 0.469 e. The van der Waals surface area contributed by atoms with Crippen molar-refractivity contribution in [2.75, 3.05) is 12.4 Å². The van der Waals surface area contributed by atoms with Crippen LogP contribution >= 0.6 is 43.2 Å². The van der Waals surface area contributed by atoms with E-state index in [0.29, 0.717) is 24.6 Å². The van der Waals surface area contributed by atoms with Crippen LogP contribution in [-0.4, -0.2) is 29.6 Å². The van der Waals surface area contributed by atoms with Crippen molar-refractivity contribution < 1.29 is 14.6 Å². The van der Waals surface area contributed by atoms with E-state index in [0.717, 1.165) is 14.2 Å². The van der Waals surface area contributed by atoms with Gasteiger partial charge >= 0.3 is 5.97 Å². The summed E-state index contributed by atoms with van der Waals surface area (Å²) in [5.74, 6) is -0.198. The van der Waals surface area contributed by atoms with Crippen LogP contribution in [0.2, 0.25) is 0 Å². The lowest BCUT2D eigenvalue weighted by Crippen LogP contribution is -2.11. The van der Waals surface area contributed by atoms with Crippen molar-refractivity contribution >= 4 is 49.2 Å². The highest BCUT2D eigenvalue weighted by molar-refractivity contribution is 9.11. The minimum atomic E-state index is -0.380. The number of carbonyl (C=O) groups is 1. The SMILES string of the molecule is COC(=O)CCc1cc(CC(O)CBr)c(Br)s1. The highest BCUT2D eigenvalue weighted by Crippen LogP contribution is 2.30. The summed E-state index contributed by atoms with van der Waals surface area (Å²) in [5, 5.41) is 10.1. The molecule has 96 valence electrons. The maximum atomic E-state index is 11.0. The van der Waals surface area contributed by atoms with E-state index < -0.39 is 0 Å². The van der Waals surface area contributed by atoms with Crippen LogP contribution in [0, 0.1) is 0 Å². The van der Waals surface area contributed by atoms with Crippen LogP contribution in [0.5, 0.6) is 0 Å². The molecule has 0 aliphatic carbocycles. The Bertz CT molecular complexity index is 379. The summed E-state index contributed by atoms with van der Waals surface area (Å²) >= 11 is 8.32. The van der Waals surface area contributed by atoms with Gasteiger partial charge in [-0.1, -0.05) is 15.9 Å². The summed E-state index contributed by atoms with van der Waals surface area (Å²) in [7, 11) is 1.39. The van der Waals surface area contributed by atoms with Gasteiger partial charge in [-0.25, -0.2) is 0 Å². The van der Waals surface area contributed by atoms with Crippen molar-refractivity contribution in [3.63, 3.8) is 0 Å². The second kappa shape index (κ2) is 7.51. The molecule has 0 saturated heterocycles. The van der Waals surface area contributed by atoms with Gasteiger partial charge in [0.05, 0.1) is 23.4 Å². The van der Waals surface area contributed by atoms with E-state index in [1.807, 2.05) is 6.07 Å². The van der Waals surface area contributed by atoms with Gasteiger partial charge in [-0.3, -0.25) is 4.79 Å². The monoisotopic (exact) mass is 384 g/mol. The fourth-order valence-electron chi connectivity index (χ4n) is 1.36. The van der Waals surface area contributed by atoms with E-state index in [9.17, 15) is 9.90 Å². The number of esters is 1. The maximum Gasteiger partial charge on any atom is 0.305 e. The zero-order chi connectivity index (χ0) is 12.8. The third kappa shape index (κ3) is 5.07. The summed E-state index contributed by atoms with van der Waals surface area (Å²) in [6.07, 6.45) is 1.31. The number of carbonyl (C=O) groups excluding carboxylic acids is 1. The van der Waals surface area contributed by atoms with Crippen LogP contribution in [0.25, 0.3) is 0 Å². The van der Waals surface area contributed by atoms with Crippen LogP contribution in [0.3, 0.4) is 0 Å². The second-order valence-electron chi connectivity index (χ2n) is 3.60. The molecule has 0 aromatic carbocycles. The lowest BCUT2D eigenvalue weighted by atomic mass is 10.1. The molecule has 1 N–H and O–H groups in total. The average molecular weight is 386 g/mol. The van der Waals surface area contributed by atoms with Gasteiger partial charge in [0.15, 0.2) is 0 Å². The van der Waals surface area contributed by atoms with Crippen LogP contribution in [0.1, 0.15) is 16.9 Å². The van der Waals surface area contributed by atoms with Crippen LogP contribution in [0.4, 0.5) is 0 Å². The molecular weight excluding hydrogens is 372 g/mol. The van der Waals surface area contributed by atoms with Crippen molar-refractivity contribution in [1.82, 2.24) is 0 Å². The van der Waals surface area contributed by atoms with Gasteiger partial charge in [0.1, 0.15) is 0 Å². The fraction of sp³-hybridized carbons (Fsp3) is 0.545. The number of hydrogen-bond acceptors (Lipinski definition) is 4. The maximum absolute atomic E-state index is 11.0. The molecule has 0 amide bonds. The summed E-state index contributed by atoms with van der Waals surface area (Å²) in [6.45, 7) is 0. The van der Waals surface area contributed by atoms with Gasteiger partial charge in [0.25, 0.3) is 0 Å². The smallest absolute Gasteiger partial charge is 0.305 e. The molecule has 1 heterocycles. The molecule has 1 unspecified atom stereocenters. The van der Waals surface area contributed by atoms with E-state index in [4.69, 9.17) is 0 Å². The van der Waals surface area contributed by atoms with Crippen molar-refractivity contribution in [1.29, 1.82) is 0 Å². The Morgan fingerprint density at radius 3 is 2.94 bits per heavy atom. The van der Waals surface area contributed by atoms with Gasteiger partial charge in [-0.2, -0.15) is 0 Å². The Morgan fingerprint density at radius 1 is 1.65 bits per heavy atom. The lowest BCUT2D eigenvalue weighted by molar-refractivity contribution is -0.140. The molecule has 1 rings (SSSR count). The van der Waals surface area contributed by atoms with Crippen molar-refractivity contribution in [2.24, 2.45) is 0 Å². The highest BCUT2D eigenvalue weighted by atomic mass is 79.9. The molecular formula is C11H14Br2O3S. The quantitative estimate of drug-likeness (QED) is 0.604. The molecule has 0 radical (unpaired) electrons. The van der Waals surface area contributed by atoms with E-state index in [1.54, 1.807) is 11.3 Å². The number of aliphatic hydroxyl groups excluding tert-OH is 1. The highest BCUT2D eigenvalue weighted by Gasteiger charge is 2.12. The van der Waals surface area contributed by atoms with Gasteiger partial charge < -0.3 is 9.84 Å². The number of aryl methyl sites for hydroxylation is 1. The van der Waals surface area contributed by atoms with Gasteiger partial charge in [0.2, 0.25) is 0 Å². The number of hydrogen-bond donors (Lipinski definition) is 1. The minimum absolute atomic E-state index is 0.198. The summed E-state index contributed by atoms with van der Waals surface area (Å²) in [6, 6.07) is 2.03. The molecule has 0 fully saturated rings. The molecule has 1 aromatic heterocycles. The number of rotatable bonds is 6. The van der Waals surface area contributed by atoms with Crippen molar-refractivity contribution in [3.8, 4) is 0 Å². The third-order valence-corrected chi connectivity index (χ3v) is 5.01. The number of halogens is 2. The summed E-state index contributed by atoms with van der Waals surface area (Å²) < 4.78 is 5.62. The Morgan fingerprint density at radius 2 is 2.35 bits per heavy atom. The van der Waals surface area contributed by atoms with Crippen LogP contribution < -0.4 is 0 Å². The number of ether oxygens (including phenoxy) is 1. The fourth-order valence-corrected chi connectivity index (χ4v) is 3.40. The van der Waals surface area contributed by atoms with Crippen molar-refractivity contribution in [3.05, 3.63) is 20.3 Å². The number of thiophene rings is 1. The average Bonchev–Trinajstić information content (AvgIpc) is 2.66. The van der Waals surface area contributed by atoms with E-state index in [2.05, 4.69) is 36.6 Å². The van der Waals surface area contributed by atoms with Gasteiger partial charge in [-0.15, -0.1) is 11.3 Å². The molecule has 0 aliphatic rings. The molecule has 3 nitrogen and oxygen atoms in total. The first-order valence-corrected chi connectivity index (χ1v) is 7.87. The van der Waals surface area contributed by atoms with E-state index in [1.165, 1.54) is 7.11 Å². The van der Waals surface area contributed by atoms with Crippen molar-refractivity contribution in [2.45, 2.75) is 25.4 Å². The lowest BCUT2D eigenvalue weighted by Gasteiger charge is -2.04. The molecule has 0 spiro atoms. The topological polar surface area (TPSA) is 46.5 Å². The third-order valence-electron chi connectivity index (χ3n) is 2.25. The van der Waals surface area contributed by atoms with Crippen LogP contribution in [0.15, 0.2) is 9.85 Å². The number of methoxy groups -OCH3 is 1. The predicted molar refractivity (Wildman–Crippen MR) is 75.9 cm³/mol. The molecule has 1 atom stereocenters. The number of alkyl halides is 1. The molecule has 0 saturated carbocycles. The van der Waals surface area contributed by atoms with Gasteiger partial charge in [0, 0.05) is 16.6 Å². The standard InChI is InChI=1S/C11H14Br2O3S/c1-16-10(15)3-2-9-5-7(11(13)17-9)4-8(14)6-12/h5,8,14H,2-4,6H2,1H3. The zero-order valence-electron chi connectivity index (χ0n) is 9.41. The Labute approximate surface area is 121 Å². The normalized spacial score (nSPS) is 12.5. The first-order valence-electron chi connectivity index (χ1n) is 5.14. The molecule has 6 heteroatoms. The second-order valence-corrected chi connectivity index (χ2v) is 6.70.